The summed E-state index contributed by atoms with van der Waals surface area (Å²) in [5.41, 5.74) is 0.754. The van der Waals surface area contributed by atoms with Crippen LogP contribution in [0.25, 0.3) is 6.08 Å². The molecule has 21 heavy (non-hydrogen) atoms. The molecule has 0 bridgehead atoms. The summed E-state index contributed by atoms with van der Waals surface area (Å²) in [7, 11) is 0. The van der Waals surface area contributed by atoms with Crippen molar-refractivity contribution in [2.24, 2.45) is 0 Å². The molecule has 114 valence electrons. The van der Waals surface area contributed by atoms with Gasteiger partial charge in [0.15, 0.2) is 0 Å². The van der Waals surface area contributed by atoms with Gasteiger partial charge in [-0.3, -0.25) is 4.79 Å². The number of hydrogen-bond acceptors (Lipinski definition) is 2. The molecule has 1 saturated heterocycles. The summed E-state index contributed by atoms with van der Waals surface area (Å²) in [6.45, 7) is 0.712. The minimum absolute atomic E-state index is 0.0152. The maximum atomic E-state index is 12.3. The summed E-state index contributed by atoms with van der Waals surface area (Å²) in [4.78, 5) is 14.1. The van der Waals surface area contributed by atoms with Gasteiger partial charge >= 0.3 is 0 Å². The van der Waals surface area contributed by atoms with E-state index in [1.165, 1.54) is 6.08 Å². The Morgan fingerprint density at radius 1 is 1.33 bits per heavy atom. The topological polar surface area (TPSA) is 40.5 Å². The van der Waals surface area contributed by atoms with E-state index in [1.54, 1.807) is 29.2 Å². The maximum absolute atomic E-state index is 12.3. The molecule has 1 amide bonds. The standard InChI is InChI=1S/C16H19Cl2NO2/c17-13-7-5-12(15(18)10-13)6-8-16(21)19-9-3-1-2-4-14(19)11-20/h5-8,10,14,20H,1-4,9,11H2/b8-6+. The Balaban J connectivity index is 2.09. The maximum Gasteiger partial charge on any atom is 0.246 e. The molecule has 1 aromatic rings. The van der Waals surface area contributed by atoms with Crippen molar-refractivity contribution in [3.8, 4) is 0 Å². The third kappa shape index (κ3) is 4.47. The first-order valence-corrected chi connectivity index (χ1v) is 7.92. The molecule has 1 aromatic carbocycles. The molecule has 3 nitrogen and oxygen atoms in total. The lowest BCUT2D eigenvalue weighted by molar-refractivity contribution is -0.129. The fourth-order valence-corrected chi connectivity index (χ4v) is 3.02. The predicted octanol–water partition coefficient (Wildman–Crippen LogP) is 3.77. The lowest BCUT2D eigenvalue weighted by atomic mass is 10.1. The van der Waals surface area contributed by atoms with Crippen molar-refractivity contribution in [2.75, 3.05) is 13.2 Å². The molecule has 1 N–H and O–H groups in total. The van der Waals surface area contributed by atoms with Gasteiger partial charge in [0.2, 0.25) is 5.91 Å². The molecule has 0 radical (unpaired) electrons. The molecule has 1 atom stereocenters. The Hall–Kier alpha value is -1.03. The number of likely N-dealkylation sites (tertiary alicyclic amines) is 1. The number of benzene rings is 1. The van der Waals surface area contributed by atoms with E-state index in [4.69, 9.17) is 23.2 Å². The van der Waals surface area contributed by atoms with Gasteiger partial charge in [0.05, 0.1) is 12.6 Å². The van der Waals surface area contributed by atoms with Gasteiger partial charge in [0, 0.05) is 22.7 Å². The number of carbonyl (C=O) groups excluding carboxylic acids is 1. The molecule has 1 fully saturated rings. The van der Waals surface area contributed by atoms with Crippen molar-refractivity contribution in [1.82, 2.24) is 4.90 Å². The van der Waals surface area contributed by atoms with E-state index in [2.05, 4.69) is 0 Å². The zero-order valence-electron chi connectivity index (χ0n) is 11.8. The average Bonchev–Trinajstić information content (AvgIpc) is 2.71. The number of aliphatic hydroxyl groups excluding tert-OH is 1. The van der Waals surface area contributed by atoms with Crippen LogP contribution in [0.3, 0.4) is 0 Å². The van der Waals surface area contributed by atoms with Gasteiger partial charge < -0.3 is 10.0 Å². The molecule has 0 aliphatic carbocycles. The summed E-state index contributed by atoms with van der Waals surface area (Å²) in [5.74, 6) is -0.0815. The van der Waals surface area contributed by atoms with E-state index >= 15 is 0 Å². The van der Waals surface area contributed by atoms with Crippen LogP contribution in [0.1, 0.15) is 31.2 Å². The van der Waals surface area contributed by atoms with Crippen molar-refractivity contribution in [3.63, 3.8) is 0 Å². The molecule has 1 aliphatic heterocycles. The molecule has 2 rings (SSSR count). The van der Waals surface area contributed by atoms with Crippen molar-refractivity contribution < 1.29 is 9.90 Å². The normalized spacial score (nSPS) is 19.8. The van der Waals surface area contributed by atoms with Crippen LogP contribution in [0.2, 0.25) is 10.0 Å². The highest BCUT2D eigenvalue weighted by atomic mass is 35.5. The van der Waals surface area contributed by atoms with E-state index in [0.29, 0.717) is 16.6 Å². The van der Waals surface area contributed by atoms with Crippen molar-refractivity contribution in [1.29, 1.82) is 0 Å². The second-order valence-corrected chi connectivity index (χ2v) is 6.06. The minimum Gasteiger partial charge on any atom is -0.394 e. The molecule has 0 saturated carbocycles. The Labute approximate surface area is 135 Å². The molecule has 0 spiro atoms. The number of rotatable bonds is 3. The smallest absolute Gasteiger partial charge is 0.246 e. The van der Waals surface area contributed by atoms with Crippen LogP contribution < -0.4 is 0 Å². The van der Waals surface area contributed by atoms with Crippen LogP contribution >= 0.6 is 23.2 Å². The van der Waals surface area contributed by atoms with Gasteiger partial charge in [-0.1, -0.05) is 42.1 Å². The molecular formula is C16H19Cl2NO2. The summed E-state index contributed by atoms with van der Waals surface area (Å²) >= 11 is 11.9. The van der Waals surface area contributed by atoms with E-state index < -0.39 is 0 Å². The largest absolute Gasteiger partial charge is 0.394 e. The number of nitrogens with zero attached hydrogens (tertiary/aromatic N) is 1. The minimum atomic E-state index is -0.0815. The predicted molar refractivity (Wildman–Crippen MR) is 86.6 cm³/mol. The molecular weight excluding hydrogens is 309 g/mol. The number of amides is 1. The van der Waals surface area contributed by atoms with E-state index in [9.17, 15) is 9.90 Å². The first-order valence-electron chi connectivity index (χ1n) is 7.16. The van der Waals surface area contributed by atoms with Crippen LogP contribution in [0, 0.1) is 0 Å². The fourth-order valence-electron chi connectivity index (χ4n) is 2.55. The Morgan fingerprint density at radius 3 is 2.86 bits per heavy atom. The van der Waals surface area contributed by atoms with Crippen LogP contribution in [0.5, 0.6) is 0 Å². The molecule has 0 aromatic heterocycles. The van der Waals surface area contributed by atoms with Gasteiger partial charge in [-0.05, 0) is 36.6 Å². The lowest BCUT2D eigenvalue weighted by Crippen LogP contribution is -2.41. The molecule has 1 unspecified atom stereocenters. The number of aliphatic hydroxyl groups is 1. The van der Waals surface area contributed by atoms with Crippen LogP contribution in [0.4, 0.5) is 0 Å². The Bertz CT molecular complexity index is 531. The van der Waals surface area contributed by atoms with Gasteiger partial charge in [-0.25, -0.2) is 0 Å². The van der Waals surface area contributed by atoms with Crippen molar-refractivity contribution in [2.45, 2.75) is 31.7 Å². The third-order valence-corrected chi connectivity index (χ3v) is 4.30. The van der Waals surface area contributed by atoms with Gasteiger partial charge in [0.1, 0.15) is 0 Å². The Morgan fingerprint density at radius 2 is 2.14 bits per heavy atom. The second-order valence-electron chi connectivity index (χ2n) is 5.22. The van der Waals surface area contributed by atoms with Crippen molar-refractivity contribution >= 4 is 35.2 Å². The number of hydrogen-bond donors (Lipinski definition) is 1. The highest BCUT2D eigenvalue weighted by Crippen LogP contribution is 2.22. The van der Waals surface area contributed by atoms with Crippen LogP contribution in [-0.2, 0) is 4.79 Å². The molecule has 1 heterocycles. The summed E-state index contributed by atoms with van der Waals surface area (Å²) < 4.78 is 0. The van der Waals surface area contributed by atoms with Gasteiger partial charge in [-0.15, -0.1) is 0 Å². The van der Waals surface area contributed by atoms with Crippen LogP contribution in [-0.4, -0.2) is 35.1 Å². The lowest BCUT2D eigenvalue weighted by Gasteiger charge is -2.27. The van der Waals surface area contributed by atoms with E-state index in [-0.39, 0.29) is 18.6 Å². The quantitative estimate of drug-likeness (QED) is 0.858. The van der Waals surface area contributed by atoms with E-state index in [0.717, 1.165) is 31.2 Å². The summed E-state index contributed by atoms with van der Waals surface area (Å²) in [6.07, 6.45) is 7.22. The Kier molecular flexibility index (Phi) is 6.09. The third-order valence-electron chi connectivity index (χ3n) is 3.74. The zero-order valence-corrected chi connectivity index (χ0v) is 13.3. The second kappa shape index (κ2) is 7.83. The summed E-state index contributed by atoms with van der Waals surface area (Å²) in [6, 6.07) is 5.08. The highest BCUT2D eigenvalue weighted by Gasteiger charge is 2.23. The first kappa shape index (κ1) is 16.3. The highest BCUT2D eigenvalue weighted by molar-refractivity contribution is 6.35. The van der Waals surface area contributed by atoms with Gasteiger partial charge in [0.25, 0.3) is 0 Å². The van der Waals surface area contributed by atoms with E-state index in [1.807, 2.05) is 0 Å². The molecule has 5 heteroatoms. The SMILES string of the molecule is O=C(/C=C/c1ccc(Cl)cc1Cl)N1CCCCCC1CO. The molecule has 1 aliphatic rings. The zero-order chi connectivity index (χ0) is 15.2. The average molecular weight is 328 g/mol. The van der Waals surface area contributed by atoms with Crippen molar-refractivity contribution in [3.05, 3.63) is 39.9 Å². The number of halogens is 2. The first-order chi connectivity index (χ1) is 10.1. The fraction of sp³-hybridized carbons (Fsp3) is 0.438. The van der Waals surface area contributed by atoms with Crippen LogP contribution in [0.15, 0.2) is 24.3 Å². The number of carbonyl (C=O) groups is 1. The van der Waals surface area contributed by atoms with Gasteiger partial charge in [-0.2, -0.15) is 0 Å². The summed E-state index contributed by atoms with van der Waals surface area (Å²) in [5, 5.41) is 10.5. The monoisotopic (exact) mass is 327 g/mol.